The predicted molar refractivity (Wildman–Crippen MR) is 69.2 cm³/mol. The summed E-state index contributed by atoms with van der Waals surface area (Å²) in [6.07, 6.45) is 1.58. The Morgan fingerprint density at radius 3 is 2.94 bits per heavy atom. The van der Waals surface area contributed by atoms with E-state index in [9.17, 15) is 4.39 Å². The number of rotatable bonds is 2. The number of anilines is 2. The van der Waals surface area contributed by atoms with Gasteiger partial charge in [-0.05, 0) is 36.7 Å². The number of nitrogens with zero attached hydrogens (tertiary/aromatic N) is 2. The molecule has 6 heteroatoms. The van der Waals surface area contributed by atoms with Gasteiger partial charge in [0.05, 0.1) is 5.69 Å². The Labute approximate surface area is 111 Å². The van der Waals surface area contributed by atoms with Gasteiger partial charge in [0.1, 0.15) is 11.6 Å². The molecule has 0 saturated heterocycles. The van der Waals surface area contributed by atoms with Crippen LogP contribution >= 0.6 is 27.5 Å². The van der Waals surface area contributed by atoms with Crippen molar-refractivity contribution >= 4 is 39.0 Å². The molecule has 0 amide bonds. The van der Waals surface area contributed by atoms with Crippen LogP contribution in [-0.4, -0.2) is 9.97 Å². The molecule has 3 nitrogen and oxygen atoms in total. The van der Waals surface area contributed by atoms with Crippen molar-refractivity contribution in [2.45, 2.75) is 6.92 Å². The van der Waals surface area contributed by atoms with Crippen LogP contribution in [0.1, 0.15) is 5.56 Å². The van der Waals surface area contributed by atoms with Crippen molar-refractivity contribution in [3.8, 4) is 0 Å². The summed E-state index contributed by atoms with van der Waals surface area (Å²) in [5, 5.41) is 3.00. The van der Waals surface area contributed by atoms with Crippen LogP contribution in [0.25, 0.3) is 0 Å². The SMILES string of the molecule is Cc1cnc(Cl)nc1Nc1cc(Br)ccc1F. The molecule has 0 spiro atoms. The van der Waals surface area contributed by atoms with Crippen molar-refractivity contribution < 1.29 is 4.39 Å². The molecular formula is C11H8BrClFN3. The number of aromatic nitrogens is 2. The molecule has 0 aliphatic rings. The first-order valence-corrected chi connectivity index (χ1v) is 5.94. The van der Waals surface area contributed by atoms with E-state index in [-0.39, 0.29) is 11.1 Å². The normalized spacial score (nSPS) is 10.4. The van der Waals surface area contributed by atoms with Gasteiger partial charge in [-0.2, -0.15) is 0 Å². The van der Waals surface area contributed by atoms with Crippen LogP contribution in [-0.2, 0) is 0 Å². The van der Waals surface area contributed by atoms with E-state index < -0.39 is 0 Å². The summed E-state index contributed by atoms with van der Waals surface area (Å²) in [5.41, 5.74) is 1.12. The maximum Gasteiger partial charge on any atom is 0.224 e. The largest absolute Gasteiger partial charge is 0.337 e. The molecule has 1 aromatic carbocycles. The van der Waals surface area contributed by atoms with E-state index in [0.717, 1.165) is 10.0 Å². The standard InChI is InChI=1S/C11H8BrClFN3/c1-6-5-15-11(13)17-10(6)16-9-4-7(12)2-3-8(9)14/h2-5H,1H3,(H,15,16,17). The van der Waals surface area contributed by atoms with Crippen molar-refractivity contribution in [3.63, 3.8) is 0 Å². The Kier molecular flexibility index (Phi) is 3.59. The summed E-state index contributed by atoms with van der Waals surface area (Å²) in [6.45, 7) is 1.81. The average molecular weight is 317 g/mol. The van der Waals surface area contributed by atoms with Gasteiger partial charge in [0, 0.05) is 16.2 Å². The summed E-state index contributed by atoms with van der Waals surface area (Å²) >= 11 is 8.97. The smallest absolute Gasteiger partial charge is 0.224 e. The second kappa shape index (κ2) is 4.98. The Morgan fingerprint density at radius 2 is 2.18 bits per heavy atom. The Hall–Kier alpha value is -1.20. The number of nitrogens with one attached hydrogen (secondary N) is 1. The van der Waals surface area contributed by atoms with Gasteiger partial charge in [-0.3, -0.25) is 0 Å². The molecule has 2 rings (SSSR count). The topological polar surface area (TPSA) is 37.8 Å². The minimum atomic E-state index is -0.359. The van der Waals surface area contributed by atoms with E-state index in [4.69, 9.17) is 11.6 Å². The lowest BCUT2D eigenvalue weighted by atomic mass is 10.3. The van der Waals surface area contributed by atoms with Crippen LogP contribution in [0, 0.1) is 12.7 Å². The third-order valence-corrected chi connectivity index (χ3v) is 2.80. The van der Waals surface area contributed by atoms with E-state index >= 15 is 0 Å². The van der Waals surface area contributed by atoms with Gasteiger partial charge >= 0.3 is 0 Å². The van der Waals surface area contributed by atoms with E-state index in [1.807, 2.05) is 6.92 Å². The van der Waals surface area contributed by atoms with E-state index in [1.54, 1.807) is 18.3 Å². The van der Waals surface area contributed by atoms with Gasteiger partial charge in [-0.15, -0.1) is 0 Å². The third kappa shape index (κ3) is 2.92. The molecule has 0 saturated carbocycles. The van der Waals surface area contributed by atoms with Crippen molar-refractivity contribution in [2.75, 3.05) is 5.32 Å². The highest BCUT2D eigenvalue weighted by atomic mass is 79.9. The van der Waals surface area contributed by atoms with E-state index in [2.05, 4.69) is 31.2 Å². The Bertz CT molecular complexity index is 513. The maximum absolute atomic E-state index is 13.5. The molecule has 0 atom stereocenters. The second-order valence-corrected chi connectivity index (χ2v) is 4.67. The highest BCUT2D eigenvalue weighted by Crippen LogP contribution is 2.24. The van der Waals surface area contributed by atoms with Crippen molar-refractivity contribution in [1.29, 1.82) is 0 Å². The Morgan fingerprint density at radius 1 is 1.41 bits per heavy atom. The summed E-state index contributed by atoms with van der Waals surface area (Å²) < 4.78 is 14.3. The highest BCUT2D eigenvalue weighted by Gasteiger charge is 2.07. The zero-order valence-corrected chi connectivity index (χ0v) is 11.2. The van der Waals surface area contributed by atoms with Gasteiger partial charge in [0.15, 0.2) is 0 Å². The third-order valence-electron chi connectivity index (χ3n) is 2.12. The van der Waals surface area contributed by atoms with Crippen molar-refractivity contribution in [3.05, 3.63) is 45.5 Å². The lowest BCUT2D eigenvalue weighted by Gasteiger charge is -2.09. The molecule has 17 heavy (non-hydrogen) atoms. The van der Waals surface area contributed by atoms with Crippen LogP contribution in [0.15, 0.2) is 28.9 Å². The fourth-order valence-electron chi connectivity index (χ4n) is 1.27. The summed E-state index contributed by atoms with van der Waals surface area (Å²) in [4.78, 5) is 7.83. The fraction of sp³-hybridized carbons (Fsp3) is 0.0909. The first-order chi connectivity index (χ1) is 8.06. The zero-order valence-electron chi connectivity index (χ0n) is 8.84. The van der Waals surface area contributed by atoms with Gasteiger partial charge < -0.3 is 5.32 Å². The van der Waals surface area contributed by atoms with Gasteiger partial charge in [-0.1, -0.05) is 15.9 Å². The Balaban J connectivity index is 2.37. The monoisotopic (exact) mass is 315 g/mol. The molecule has 0 bridgehead atoms. The minimum Gasteiger partial charge on any atom is -0.337 e. The quantitative estimate of drug-likeness (QED) is 0.848. The molecule has 2 aromatic rings. The van der Waals surface area contributed by atoms with Gasteiger partial charge in [0.25, 0.3) is 0 Å². The molecule has 1 heterocycles. The average Bonchev–Trinajstić information content (AvgIpc) is 2.28. The molecule has 0 fully saturated rings. The lowest BCUT2D eigenvalue weighted by molar-refractivity contribution is 0.631. The highest BCUT2D eigenvalue weighted by molar-refractivity contribution is 9.10. The number of aryl methyl sites for hydroxylation is 1. The van der Waals surface area contributed by atoms with Crippen LogP contribution in [0.4, 0.5) is 15.9 Å². The van der Waals surface area contributed by atoms with Crippen molar-refractivity contribution in [1.82, 2.24) is 9.97 Å². The summed E-state index contributed by atoms with van der Waals surface area (Å²) in [5.74, 6) is 0.129. The van der Waals surface area contributed by atoms with E-state index in [0.29, 0.717) is 11.5 Å². The van der Waals surface area contributed by atoms with Gasteiger partial charge in [0.2, 0.25) is 5.28 Å². The number of hydrogen-bond donors (Lipinski definition) is 1. The predicted octanol–water partition coefficient (Wildman–Crippen LogP) is 4.08. The lowest BCUT2D eigenvalue weighted by Crippen LogP contribution is -2.00. The van der Waals surface area contributed by atoms with Crippen LogP contribution in [0.2, 0.25) is 5.28 Å². The second-order valence-electron chi connectivity index (χ2n) is 3.42. The van der Waals surface area contributed by atoms with Crippen molar-refractivity contribution in [2.24, 2.45) is 0 Å². The zero-order chi connectivity index (χ0) is 12.4. The van der Waals surface area contributed by atoms with Crippen LogP contribution in [0.3, 0.4) is 0 Å². The summed E-state index contributed by atoms with van der Waals surface area (Å²) in [6, 6.07) is 4.62. The maximum atomic E-state index is 13.5. The summed E-state index contributed by atoms with van der Waals surface area (Å²) in [7, 11) is 0. The van der Waals surface area contributed by atoms with Crippen LogP contribution in [0.5, 0.6) is 0 Å². The fourth-order valence-corrected chi connectivity index (χ4v) is 1.76. The molecule has 1 N–H and O–H groups in total. The minimum absolute atomic E-state index is 0.119. The van der Waals surface area contributed by atoms with E-state index in [1.165, 1.54) is 6.07 Å². The molecule has 0 unspecified atom stereocenters. The molecule has 1 aromatic heterocycles. The molecule has 0 radical (unpaired) electrons. The van der Waals surface area contributed by atoms with Crippen LogP contribution < -0.4 is 5.32 Å². The first kappa shape index (κ1) is 12.3. The number of hydrogen-bond acceptors (Lipinski definition) is 3. The number of halogens is 3. The number of benzene rings is 1. The molecule has 88 valence electrons. The molecule has 0 aliphatic carbocycles. The molecule has 0 aliphatic heterocycles. The first-order valence-electron chi connectivity index (χ1n) is 4.77. The molecular weight excluding hydrogens is 308 g/mol. The van der Waals surface area contributed by atoms with Gasteiger partial charge in [-0.25, -0.2) is 14.4 Å².